The van der Waals surface area contributed by atoms with Crippen LogP contribution < -0.4 is 0 Å². The number of hydrogen-bond acceptors (Lipinski definition) is 4. The van der Waals surface area contributed by atoms with E-state index in [1.165, 1.54) is 11.1 Å². The number of aromatic nitrogens is 2. The van der Waals surface area contributed by atoms with E-state index in [9.17, 15) is 0 Å². The van der Waals surface area contributed by atoms with Gasteiger partial charge >= 0.3 is 0 Å². The van der Waals surface area contributed by atoms with Crippen LogP contribution >= 0.6 is 11.9 Å². The van der Waals surface area contributed by atoms with Gasteiger partial charge in [0.05, 0.1) is 6.54 Å². The Labute approximate surface area is 146 Å². The molecule has 1 aliphatic rings. The van der Waals surface area contributed by atoms with Crippen LogP contribution in [0.3, 0.4) is 0 Å². The molecule has 1 aliphatic heterocycles. The highest BCUT2D eigenvalue weighted by Gasteiger charge is 2.16. The zero-order valence-electron chi connectivity index (χ0n) is 13.2. The van der Waals surface area contributed by atoms with E-state index in [4.69, 9.17) is 0 Å². The fourth-order valence-corrected chi connectivity index (χ4v) is 3.63. The molecule has 1 aromatic heterocycles. The molecule has 0 saturated heterocycles. The third-order valence-corrected chi connectivity index (χ3v) is 4.93. The Hall–Kier alpha value is -2.59. The molecule has 4 rings (SSSR count). The molecule has 0 aliphatic carbocycles. The fourth-order valence-electron chi connectivity index (χ4n) is 2.64. The lowest BCUT2D eigenvalue weighted by Gasteiger charge is -2.13. The van der Waals surface area contributed by atoms with E-state index in [1.807, 2.05) is 60.7 Å². The summed E-state index contributed by atoms with van der Waals surface area (Å²) in [5.74, 6) is 1.73. The first-order valence-electron chi connectivity index (χ1n) is 7.90. The molecule has 0 spiro atoms. The summed E-state index contributed by atoms with van der Waals surface area (Å²) in [6, 6.07) is 20.6. The lowest BCUT2D eigenvalue weighted by Crippen LogP contribution is -2.03. The van der Waals surface area contributed by atoms with Gasteiger partial charge in [-0.1, -0.05) is 60.7 Å². The molecule has 2 heterocycles. The predicted molar refractivity (Wildman–Crippen MR) is 99.9 cm³/mol. The van der Waals surface area contributed by atoms with Crippen molar-refractivity contribution in [3.05, 3.63) is 90.4 Å². The van der Waals surface area contributed by atoms with Crippen molar-refractivity contribution >= 4 is 17.5 Å². The second-order valence-corrected chi connectivity index (χ2v) is 6.67. The van der Waals surface area contributed by atoms with Gasteiger partial charge in [-0.05, 0) is 23.1 Å². The van der Waals surface area contributed by atoms with Crippen LogP contribution in [0.2, 0.25) is 0 Å². The lowest BCUT2D eigenvalue weighted by molar-refractivity contribution is 0.629. The van der Waals surface area contributed by atoms with E-state index < -0.39 is 0 Å². The Balaban J connectivity index is 1.49. The molecule has 4 heteroatoms. The Morgan fingerprint density at radius 1 is 0.833 bits per heavy atom. The van der Waals surface area contributed by atoms with Crippen molar-refractivity contribution in [1.29, 1.82) is 0 Å². The van der Waals surface area contributed by atoms with Crippen molar-refractivity contribution in [1.82, 2.24) is 14.3 Å². The monoisotopic (exact) mass is 331 g/mol. The lowest BCUT2D eigenvalue weighted by atomic mass is 10.1. The quantitative estimate of drug-likeness (QED) is 0.651. The van der Waals surface area contributed by atoms with Crippen molar-refractivity contribution in [3.8, 4) is 11.4 Å². The van der Waals surface area contributed by atoms with Crippen LogP contribution in [0.25, 0.3) is 17.0 Å². The van der Waals surface area contributed by atoms with Gasteiger partial charge in [0.1, 0.15) is 0 Å². The summed E-state index contributed by atoms with van der Waals surface area (Å²) in [5.41, 5.74) is 4.73. The largest absolute Gasteiger partial charge is 0.318 e. The summed E-state index contributed by atoms with van der Waals surface area (Å²) in [6.07, 6.45) is 6.06. The average molecular weight is 331 g/mol. The second kappa shape index (κ2) is 6.89. The van der Waals surface area contributed by atoms with Crippen LogP contribution in [0.1, 0.15) is 11.1 Å². The summed E-state index contributed by atoms with van der Waals surface area (Å²) in [5, 5.41) is 0. The summed E-state index contributed by atoms with van der Waals surface area (Å²) >= 11 is 1.83. The van der Waals surface area contributed by atoms with Crippen molar-refractivity contribution in [3.63, 3.8) is 0 Å². The fraction of sp³-hybridized carbons (Fsp3) is 0.100. The smallest absolute Gasteiger partial charge is 0.159 e. The van der Waals surface area contributed by atoms with Crippen molar-refractivity contribution in [2.45, 2.75) is 6.54 Å². The first-order chi connectivity index (χ1) is 11.9. The average Bonchev–Trinajstić information content (AvgIpc) is 3.12. The molecular weight excluding hydrogens is 314 g/mol. The van der Waals surface area contributed by atoms with Crippen molar-refractivity contribution < 1.29 is 0 Å². The minimum Gasteiger partial charge on any atom is -0.318 e. The van der Waals surface area contributed by atoms with E-state index in [1.54, 1.807) is 0 Å². The Morgan fingerprint density at radius 3 is 2.21 bits per heavy atom. The maximum Gasteiger partial charge on any atom is 0.159 e. The van der Waals surface area contributed by atoms with Crippen LogP contribution in [0.15, 0.2) is 79.3 Å². The van der Waals surface area contributed by atoms with E-state index >= 15 is 0 Å². The van der Waals surface area contributed by atoms with Crippen LogP contribution in [-0.2, 0) is 6.54 Å². The highest BCUT2D eigenvalue weighted by Crippen LogP contribution is 2.31. The summed E-state index contributed by atoms with van der Waals surface area (Å²) in [7, 11) is 0. The van der Waals surface area contributed by atoms with Gasteiger partial charge in [-0.2, -0.15) is 0 Å². The van der Waals surface area contributed by atoms with Crippen LogP contribution in [0, 0.1) is 0 Å². The third-order valence-electron chi connectivity index (χ3n) is 3.92. The Morgan fingerprint density at radius 2 is 1.50 bits per heavy atom. The van der Waals surface area contributed by atoms with Crippen molar-refractivity contribution in [2.75, 3.05) is 5.75 Å². The van der Waals surface area contributed by atoms with E-state index in [2.05, 4.69) is 44.7 Å². The summed E-state index contributed by atoms with van der Waals surface area (Å²) in [4.78, 5) is 9.05. The number of hydrogen-bond donors (Lipinski definition) is 0. The molecule has 2 aromatic carbocycles. The van der Waals surface area contributed by atoms with E-state index in [0.29, 0.717) is 0 Å². The maximum absolute atomic E-state index is 4.52. The zero-order valence-corrected chi connectivity index (χ0v) is 14.0. The van der Waals surface area contributed by atoms with Crippen LogP contribution in [0.4, 0.5) is 0 Å². The van der Waals surface area contributed by atoms with Crippen LogP contribution in [-0.4, -0.2) is 20.0 Å². The van der Waals surface area contributed by atoms with Gasteiger partial charge < -0.3 is 4.31 Å². The normalized spacial score (nSPS) is 13.8. The van der Waals surface area contributed by atoms with Gasteiger partial charge in [-0.15, -0.1) is 0 Å². The van der Waals surface area contributed by atoms with Gasteiger partial charge in [0.15, 0.2) is 5.82 Å². The molecule has 0 saturated carbocycles. The highest BCUT2D eigenvalue weighted by molar-refractivity contribution is 7.97. The van der Waals surface area contributed by atoms with Crippen LogP contribution in [0.5, 0.6) is 0 Å². The van der Waals surface area contributed by atoms with Gasteiger partial charge in [-0.3, -0.25) is 0 Å². The SMILES string of the molecule is C1=C(c2cnc(-c3ccccc3)nc2)CSN1Cc1ccccc1. The highest BCUT2D eigenvalue weighted by atomic mass is 32.2. The molecule has 24 heavy (non-hydrogen) atoms. The molecule has 0 N–H and O–H groups in total. The third kappa shape index (κ3) is 3.34. The maximum atomic E-state index is 4.52. The number of nitrogens with zero attached hydrogens (tertiary/aromatic N) is 3. The van der Waals surface area contributed by atoms with Gasteiger partial charge in [-0.25, -0.2) is 9.97 Å². The molecule has 0 fully saturated rings. The first-order valence-corrected chi connectivity index (χ1v) is 8.85. The minimum absolute atomic E-state index is 0.770. The number of rotatable bonds is 4. The van der Waals surface area contributed by atoms with Gasteiger partial charge in [0.2, 0.25) is 0 Å². The summed E-state index contributed by atoms with van der Waals surface area (Å²) < 4.78 is 2.27. The topological polar surface area (TPSA) is 29.0 Å². The van der Waals surface area contributed by atoms with Crippen molar-refractivity contribution in [2.24, 2.45) is 0 Å². The predicted octanol–water partition coefficient (Wildman–Crippen LogP) is 4.65. The second-order valence-electron chi connectivity index (χ2n) is 5.65. The first kappa shape index (κ1) is 15.0. The molecule has 3 aromatic rings. The Bertz CT molecular complexity index is 830. The van der Waals surface area contributed by atoms with Gasteiger partial charge in [0.25, 0.3) is 0 Å². The molecule has 118 valence electrons. The Kier molecular flexibility index (Phi) is 4.30. The van der Waals surface area contributed by atoms with E-state index in [0.717, 1.165) is 29.2 Å². The number of benzene rings is 2. The molecule has 0 amide bonds. The van der Waals surface area contributed by atoms with Gasteiger partial charge in [0, 0.05) is 35.5 Å². The molecule has 0 atom stereocenters. The molecule has 3 nitrogen and oxygen atoms in total. The van der Waals surface area contributed by atoms with E-state index in [-0.39, 0.29) is 0 Å². The molecular formula is C20H17N3S. The molecule has 0 unspecified atom stereocenters. The zero-order chi connectivity index (χ0) is 16.2. The standard InChI is InChI=1S/C20H17N3S/c1-3-7-16(8-4-1)13-23-14-19(15-24-23)18-11-21-20(22-12-18)17-9-5-2-6-10-17/h1-12,14H,13,15H2. The molecule has 0 radical (unpaired) electrons. The minimum atomic E-state index is 0.770. The summed E-state index contributed by atoms with van der Waals surface area (Å²) in [6.45, 7) is 0.915. The molecule has 0 bridgehead atoms.